The molecule has 0 radical (unpaired) electrons. The molecule has 5 nitrogen and oxygen atoms in total. The molecule has 0 aromatic heterocycles. The molecule has 7 heteroatoms. The van der Waals surface area contributed by atoms with Gasteiger partial charge in [-0.15, -0.1) is 0 Å². The summed E-state index contributed by atoms with van der Waals surface area (Å²) in [7, 11) is 0. The molecule has 1 aromatic rings. The Balaban J connectivity index is 1.90. The summed E-state index contributed by atoms with van der Waals surface area (Å²) in [6, 6.07) is 3.37. The lowest BCUT2D eigenvalue weighted by atomic mass is 10.2. The smallest absolute Gasteiger partial charge is 0.319 e. The molecule has 1 saturated heterocycles. The lowest BCUT2D eigenvalue weighted by Gasteiger charge is -2.21. The maximum absolute atomic E-state index is 13.0. The molecular weight excluding hydrogens is 297 g/mol. The van der Waals surface area contributed by atoms with E-state index in [-0.39, 0.29) is 29.4 Å². The fourth-order valence-corrected chi connectivity index (χ4v) is 2.43. The quantitative estimate of drug-likeness (QED) is 0.901. The molecule has 1 aliphatic heterocycles. The van der Waals surface area contributed by atoms with E-state index in [1.165, 1.54) is 18.2 Å². The van der Waals surface area contributed by atoms with Crippen LogP contribution in [0.25, 0.3) is 0 Å². The van der Waals surface area contributed by atoms with E-state index in [0.717, 1.165) is 0 Å². The fraction of sp³-hybridized carbons (Fsp3) is 0.429. The van der Waals surface area contributed by atoms with Gasteiger partial charge < -0.3 is 15.5 Å². The average molecular weight is 314 g/mol. The van der Waals surface area contributed by atoms with E-state index in [9.17, 15) is 14.0 Å². The van der Waals surface area contributed by atoms with Crippen molar-refractivity contribution in [3.05, 3.63) is 29.0 Å². The van der Waals surface area contributed by atoms with Crippen molar-refractivity contribution in [2.24, 2.45) is 0 Å². The van der Waals surface area contributed by atoms with Crippen LogP contribution in [-0.4, -0.2) is 35.5 Å². The minimum atomic E-state index is -0.545. The van der Waals surface area contributed by atoms with E-state index >= 15 is 0 Å². The molecule has 3 amide bonds. The van der Waals surface area contributed by atoms with Gasteiger partial charge in [0.05, 0.1) is 11.1 Å². The molecule has 0 saturated carbocycles. The van der Waals surface area contributed by atoms with Gasteiger partial charge in [-0.25, -0.2) is 9.18 Å². The van der Waals surface area contributed by atoms with Gasteiger partial charge in [-0.05, 0) is 32.0 Å². The first-order chi connectivity index (χ1) is 9.86. The van der Waals surface area contributed by atoms with Gasteiger partial charge in [0.2, 0.25) is 5.91 Å². The van der Waals surface area contributed by atoms with Gasteiger partial charge in [0.25, 0.3) is 0 Å². The van der Waals surface area contributed by atoms with Crippen LogP contribution >= 0.6 is 11.6 Å². The van der Waals surface area contributed by atoms with Gasteiger partial charge in [0, 0.05) is 24.7 Å². The predicted octanol–water partition coefficient (Wildman–Crippen LogP) is 2.61. The van der Waals surface area contributed by atoms with Gasteiger partial charge in [0.1, 0.15) is 5.82 Å². The van der Waals surface area contributed by atoms with Crippen molar-refractivity contribution < 1.29 is 14.0 Å². The summed E-state index contributed by atoms with van der Waals surface area (Å²) >= 11 is 5.64. The van der Waals surface area contributed by atoms with Crippen LogP contribution in [-0.2, 0) is 4.79 Å². The Morgan fingerprint density at radius 1 is 1.48 bits per heavy atom. The molecule has 0 spiro atoms. The molecule has 114 valence electrons. The van der Waals surface area contributed by atoms with Crippen molar-refractivity contribution in [3.63, 3.8) is 0 Å². The van der Waals surface area contributed by atoms with Crippen LogP contribution in [0.5, 0.6) is 0 Å². The minimum absolute atomic E-state index is 0.0279. The normalized spacial score (nSPS) is 18.2. The Hall–Kier alpha value is -1.82. The predicted molar refractivity (Wildman–Crippen MR) is 78.8 cm³/mol. The molecule has 1 heterocycles. The summed E-state index contributed by atoms with van der Waals surface area (Å²) in [5, 5.41) is 5.23. The third-order valence-corrected chi connectivity index (χ3v) is 3.58. The van der Waals surface area contributed by atoms with Crippen molar-refractivity contribution in [2.75, 3.05) is 11.9 Å². The number of amides is 3. The number of carbonyl (C=O) groups excluding carboxylic acids is 2. The Morgan fingerprint density at radius 3 is 2.76 bits per heavy atom. The highest BCUT2D eigenvalue weighted by atomic mass is 35.5. The SMILES string of the molecule is CC(C)N1CC(NC(=O)Nc2ccc(F)c(Cl)c2)CC1=O. The maximum Gasteiger partial charge on any atom is 0.319 e. The van der Waals surface area contributed by atoms with E-state index in [2.05, 4.69) is 10.6 Å². The molecule has 1 atom stereocenters. The summed E-state index contributed by atoms with van der Waals surface area (Å²) in [5.74, 6) is -0.517. The molecular formula is C14H17ClFN3O2. The molecule has 0 bridgehead atoms. The molecule has 1 aromatic carbocycles. The molecule has 0 aliphatic carbocycles. The van der Waals surface area contributed by atoms with Crippen LogP contribution < -0.4 is 10.6 Å². The first kappa shape index (κ1) is 15.6. The first-order valence-corrected chi connectivity index (χ1v) is 7.06. The number of hydrogen-bond donors (Lipinski definition) is 2. The van der Waals surface area contributed by atoms with Crippen LogP contribution in [0, 0.1) is 5.82 Å². The zero-order valence-electron chi connectivity index (χ0n) is 11.8. The Labute approximate surface area is 127 Å². The Kier molecular flexibility index (Phi) is 4.67. The second-order valence-electron chi connectivity index (χ2n) is 5.27. The number of nitrogens with one attached hydrogen (secondary N) is 2. The van der Waals surface area contributed by atoms with E-state index < -0.39 is 11.8 Å². The number of carbonyl (C=O) groups is 2. The Bertz CT molecular complexity index is 565. The largest absolute Gasteiger partial charge is 0.338 e. The van der Waals surface area contributed by atoms with E-state index in [4.69, 9.17) is 11.6 Å². The monoisotopic (exact) mass is 313 g/mol. The first-order valence-electron chi connectivity index (χ1n) is 6.69. The lowest BCUT2D eigenvalue weighted by molar-refractivity contribution is -0.129. The zero-order chi connectivity index (χ0) is 15.6. The van der Waals surface area contributed by atoms with Gasteiger partial charge in [-0.1, -0.05) is 11.6 Å². The Morgan fingerprint density at radius 2 is 2.19 bits per heavy atom. The highest BCUT2D eigenvalue weighted by molar-refractivity contribution is 6.31. The van der Waals surface area contributed by atoms with Gasteiger partial charge >= 0.3 is 6.03 Å². The van der Waals surface area contributed by atoms with Crippen molar-refractivity contribution >= 4 is 29.2 Å². The van der Waals surface area contributed by atoms with Crippen molar-refractivity contribution in [1.29, 1.82) is 0 Å². The fourth-order valence-electron chi connectivity index (χ4n) is 2.25. The van der Waals surface area contributed by atoms with E-state index in [1.54, 1.807) is 4.90 Å². The van der Waals surface area contributed by atoms with Gasteiger partial charge in [-0.2, -0.15) is 0 Å². The third-order valence-electron chi connectivity index (χ3n) is 3.29. The summed E-state index contributed by atoms with van der Waals surface area (Å²) in [4.78, 5) is 25.3. The number of anilines is 1. The summed E-state index contributed by atoms with van der Waals surface area (Å²) in [6.07, 6.45) is 0.287. The van der Waals surface area contributed by atoms with Gasteiger partial charge in [-0.3, -0.25) is 4.79 Å². The summed E-state index contributed by atoms with van der Waals surface area (Å²) in [6.45, 7) is 4.36. The van der Waals surface area contributed by atoms with Crippen LogP contribution in [0.4, 0.5) is 14.9 Å². The van der Waals surface area contributed by atoms with E-state index in [0.29, 0.717) is 12.2 Å². The van der Waals surface area contributed by atoms with Crippen LogP contribution in [0.1, 0.15) is 20.3 Å². The second kappa shape index (κ2) is 6.30. The second-order valence-corrected chi connectivity index (χ2v) is 5.68. The summed E-state index contributed by atoms with van der Waals surface area (Å²) < 4.78 is 13.0. The number of benzene rings is 1. The molecule has 1 aliphatic rings. The van der Waals surface area contributed by atoms with Crippen molar-refractivity contribution in [1.82, 2.24) is 10.2 Å². The zero-order valence-corrected chi connectivity index (χ0v) is 12.6. The number of halogens is 2. The highest BCUT2D eigenvalue weighted by Crippen LogP contribution is 2.19. The third kappa shape index (κ3) is 3.85. The van der Waals surface area contributed by atoms with Crippen molar-refractivity contribution in [3.8, 4) is 0 Å². The number of rotatable bonds is 3. The molecule has 1 unspecified atom stereocenters. The average Bonchev–Trinajstić information content (AvgIpc) is 2.75. The molecule has 21 heavy (non-hydrogen) atoms. The standard InChI is InChI=1S/C14H17ClFN3O2/c1-8(2)19-7-10(6-13(19)20)18-14(21)17-9-3-4-12(16)11(15)5-9/h3-5,8,10H,6-7H2,1-2H3,(H2,17,18,21). The number of nitrogens with zero attached hydrogens (tertiary/aromatic N) is 1. The maximum atomic E-state index is 13.0. The molecule has 1 fully saturated rings. The molecule has 2 N–H and O–H groups in total. The lowest BCUT2D eigenvalue weighted by Crippen LogP contribution is -2.40. The number of likely N-dealkylation sites (tertiary alicyclic amines) is 1. The van der Waals surface area contributed by atoms with E-state index in [1.807, 2.05) is 13.8 Å². The van der Waals surface area contributed by atoms with Crippen molar-refractivity contribution in [2.45, 2.75) is 32.4 Å². The van der Waals surface area contributed by atoms with Crippen LogP contribution in [0.15, 0.2) is 18.2 Å². The minimum Gasteiger partial charge on any atom is -0.338 e. The highest BCUT2D eigenvalue weighted by Gasteiger charge is 2.31. The number of hydrogen-bond acceptors (Lipinski definition) is 2. The van der Waals surface area contributed by atoms with Gasteiger partial charge in [0.15, 0.2) is 0 Å². The molecule has 2 rings (SSSR count). The topological polar surface area (TPSA) is 61.4 Å². The van der Waals surface area contributed by atoms with Crippen LogP contribution in [0.2, 0.25) is 5.02 Å². The van der Waals surface area contributed by atoms with Crippen LogP contribution in [0.3, 0.4) is 0 Å². The number of urea groups is 1. The summed E-state index contributed by atoms with van der Waals surface area (Å²) in [5.41, 5.74) is 0.393.